The van der Waals surface area contributed by atoms with Crippen molar-refractivity contribution in [3.8, 4) is 5.75 Å². The van der Waals surface area contributed by atoms with E-state index in [4.69, 9.17) is 16.3 Å². The lowest BCUT2D eigenvalue weighted by Gasteiger charge is -2.20. The Morgan fingerprint density at radius 3 is 2.53 bits per heavy atom. The molecule has 0 radical (unpaired) electrons. The van der Waals surface area contributed by atoms with Gasteiger partial charge in [-0.2, -0.15) is 5.10 Å². The number of rotatable bonds is 9. The number of hydrogen-bond acceptors (Lipinski definition) is 4. The molecule has 0 aromatic heterocycles. The SMILES string of the molecule is C=CCOc1ccc(/C=N\NC(=O)C(NC(=O)c2ccc(Cl)cc2)C(C)C)cc1Br. The van der Waals surface area contributed by atoms with E-state index in [0.29, 0.717) is 22.9 Å². The van der Waals surface area contributed by atoms with E-state index in [2.05, 4.69) is 38.4 Å². The van der Waals surface area contributed by atoms with Crippen LogP contribution in [0.2, 0.25) is 5.02 Å². The van der Waals surface area contributed by atoms with Gasteiger partial charge in [-0.25, -0.2) is 5.43 Å². The molecule has 1 unspecified atom stereocenters. The second-order valence-electron chi connectivity index (χ2n) is 6.73. The van der Waals surface area contributed by atoms with Crippen LogP contribution in [0.15, 0.2) is 64.7 Å². The van der Waals surface area contributed by atoms with Crippen LogP contribution in [0.4, 0.5) is 0 Å². The predicted molar refractivity (Wildman–Crippen MR) is 123 cm³/mol. The molecule has 2 N–H and O–H groups in total. The van der Waals surface area contributed by atoms with E-state index in [0.717, 1.165) is 10.0 Å². The van der Waals surface area contributed by atoms with Gasteiger partial charge < -0.3 is 10.1 Å². The zero-order chi connectivity index (χ0) is 22.1. The van der Waals surface area contributed by atoms with Crippen molar-refractivity contribution in [2.45, 2.75) is 19.9 Å². The summed E-state index contributed by atoms with van der Waals surface area (Å²) >= 11 is 9.28. The van der Waals surface area contributed by atoms with E-state index in [1.807, 2.05) is 19.9 Å². The van der Waals surface area contributed by atoms with Gasteiger partial charge in [0.15, 0.2) is 0 Å². The highest BCUT2D eigenvalue weighted by molar-refractivity contribution is 9.10. The van der Waals surface area contributed by atoms with Gasteiger partial charge in [0.1, 0.15) is 18.4 Å². The molecule has 0 spiro atoms. The summed E-state index contributed by atoms with van der Waals surface area (Å²) in [6.45, 7) is 7.70. The topological polar surface area (TPSA) is 79.8 Å². The Bertz CT molecular complexity index is 930. The summed E-state index contributed by atoms with van der Waals surface area (Å²) in [7, 11) is 0. The Morgan fingerprint density at radius 2 is 1.93 bits per heavy atom. The molecule has 0 aliphatic heterocycles. The summed E-state index contributed by atoms with van der Waals surface area (Å²) in [5, 5.41) is 7.27. The molecule has 158 valence electrons. The van der Waals surface area contributed by atoms with Gasteiger partial charge in [0.05, 0.1) is 10.7 Å². The van der Waals surface area contributed by atoms with E-state index < -0.39 is 11.9 Å². The molecule has 0 aliphatic carbocycles. The van der Waals surface area contributed by atoms with Crippen molar-refractivity contribution in [3.05, 3.63) is 75.7 Å². The molecule has 1 atom stereocenters. The molecule has 0 saturated carbocycles. The minimum atomic E-state index is -0.744. The molecule has 0 heterocycles. The molecule has 2 aromatic rings. The van der Waals surface area contributed by atoms with Crippen LogP contribution >= 0.6 is 27.5 Å². The second-order valence-corrected chi connectivity index (χ2v) is 8.02. The molecule has 8 heteroatoms. The monoisotopic (exact) mass is 491 g/mol. The van der Waals surface area contributed by atoms with Crippen molar-refractivity contribution < 1.29 is 14.3 Å². The average molecular weight is 493 g/mol. The van der Waals surface area contributed by atoms with Crippen LogP contribution in [0.5, 0.6) is 5.75 Å². The fraction of sp³-hybridized carbons (Fsp3) is 0.227. The molecule has 2 rings (SSSR count). The summed E-state index contributed by atoms with van der Waals surface area (Å²) in [5.74, 6) is -0.218. The third-order valence-corrected chi connectivity index (χ3v) is 4.91. The number of carbonyl (C=O) groups excluding carboxylic acids is 2. The highest BCUT2D eigenvalue weighted by Gasteiger charge is 2.24. The lowest BCUT2D eigenvalue weighted by Crippen LogP contribution is -2.48. The molecule has 6 nitrogen and oxygen atoms in total. The number of halogens is 2. The smallest absolute Gasteiger partial charge is 0.262 e. The van der Waals surface area contributed by atoms with E-state index in [1.165, 1.54) is 6.21 Å². The highest BCUT2D eigenvalue weighted by atomic mass is 79.9. The molecule has 0 fully saturated rings. The number of ether oxygens (including phenoxy) is 1. The van der Waals surface area contributed by atoms with E-state index in [1.54, 1.807) is 42.5 Å². The van der Waals surface area contributed by atoms with Crippen LogP contribution in [-0.2, 0) is 4.79 Å². The minimum Gasteiger partial charge on any atom is -0.488 e. The first-order valence-electron chi connectivity index (χ1n) is 9.24. The number of carbonyl (C=O) groups is 2. The number of benzene rings is 2. The van der Waals surface area contributed by atoms with Gasteiger partial charge in [0.2, 0.25) is 0 Å². The molecule has 0 bridgehead atoms. The first-order valence-corrected chi connectivity index (χ1v) is 10.4. The van der Waals surface area contributed by atoms with Gasteiger partial charge >= 0.3 is 0 Å². The largest absolute Gasteiger partial charge is 0.488 e. The van der Waals surface area contributed by atoms with E-state index >= 15 is 0 Å². The van der Waals surface area contributed by atoms with Crippen molar-refractivity contribution in [1.82, 2.24) is 10.7 Å². The Kier molecular flexibility index (Phi) is 9.08. The Hall–Kier alpha value is -2.64. The first-order chi connectivity index (χ1) is 14.3. The molecular weight excluding hydrogens is 470 g/mol. The molecule has 2 aromatic carbocycles. The van der Waals surface area contributed by atoms with Crippen LogP contribution < -0.4 is 15.5 Å². The lowest BCUT2D eigenvalue weighted by molar-refractivity contribution is -0.123. The fourth-order valence-electron chi connectivity index (χ4n) is 2.46. The predicted octanol–water partition coefficient (Wildman–Crippen LogP) is 4.57. The molecule has 0 aliphatic rings. The van der Waals surface area contributed by atoms with Gasteiger partial charge in [0.25, 0.3) is 11.8 Å². The third-order valence-electron chi connectivity index (χ3n) is 4.04. The first kappa shape index (κ1) is 23.6. The van der Waals surface area contributed by atoms with Crippen LogP contribution in [0, 0.1) is 5.92 Å². The Balaban J connectivity index is 1.99. The van der Waals surface area contributed by atoms with Crippen molar-refractivity contribution >= 4 is 45.6 Å². The van der Waals surface area contributed by atoms with Crippen molar-refractivity contribution in [2.24, 2.45) is 11.0 Å². The van der Waals surface area contributed by atoms with Crippen LogP contribution in [-0.4, -0.2) is 30.7 Å². The van der Waals surface area contributed by atoms with Crippen molar-refractivity contribution in [2.75, 3.05) is 6.61 Å². The van der Waals surface area contributed by atoms with Gasteiger partial charge in [0, 0.05) is 10.6 Å². The Morgan fingerprint density at radius 1 is 1.23 bits per heavy atom. The molecule has 0 saturated heterocycles. The van der Waals surface area contributed by atoms with Crippen LogP contribution in [0.1, 0.15) is 29.8 Å². The zero-order valence-corrected chi connectivity index (χ0v) is 19.0. The summed E-state index contributed by atoms with van der Waals surface area (Å²) < 4.78 is 6.25. The maximum Gasteiger partial charge on any atom is 0.262 e. The van der Waals surface area contributed by atoms with Gasteiger partial charge in [-0.3, -0.25) is 9.59 Å². The average Bonchev–Trinajstić information content (AvgIpc) is 2.71. The summed E-state index contributed by atoms with van der Waals surface area (Å²) in [5.41, 5.74) is 3.67. The lowest BCUT2D eigenvalue weighted by atomic mass is 10.0. The fourth-order valence-corrected chi connectivity index (χ4v) is 3.10. The summed E-state index contributed by atoms with van der Waals surface area (Å²) in [6, 6.07) is 11.1. The second kappa shape index (κ2) is 11.5. The number of nitrogens with zero attached hydrogens (tertiary/aromatic N) is 1. The van der Waals surface area contributed by atoms with E-state index in [9.17, 15) is 9.59 Å². The van der Waals surface area contributed by atoms with E-state index in [-0.39, 0.29) is 11.8 Å². The van der Waals surface area contributed by atoms with Crippen molar-refractivity contribution in [3.63, 3.8) is 0 Å². The zero-order valence-electron chi connectivity index (χ0n) is 16.7. The normalized spacial score (nSPS) is 11.9. The molecule has 2 amide bonds. The molecule has 30 heavy (non-hydrogen) atoms. The Labute approximate surface area is 189 Å². The maximum absolute atomic E-state index is 12.5. The number of amides is 2. The summed E-state index contributed by atoms with van der Waals surface area (Å²) in [4.78, 5) is 25.0. The molecular formula is C22H23BrClN3O3. The number of hydrogen-bond donors (Lipinski definition) is 2. The highest BCUT2D eigenvalue weighted by Crippen LogP contribution is 2.25. The van der Waals surface area contributed by atoms with Gasteiger partial charge in [-0.1, -0.05) is 38.1 Å². The van der Waals surface area contributed by atoms with Gasteiger partial charge in [-0.05, 0) is 69.9 Å². The van der Waals surface area contributed by atoms with Crippen molar-refractivity contribution in [1.29, 1.82) is 0 Å². The number of nitrogens with one attached hydrogen (secondary N) is 2. The quantitative estimate of drug-likeness (QED) is 0.306. The van der Waals surface area contributed by atoms with Crippen LogP contribution in [0.3, 0.4) is 0 Å². The summed E-state index contributed by atoms with van der Waals surface area (Å²) in [6.07, 6.45) is 3.17. The minimum absolute atomic E-state index is 0.133. The maximum atomic E-state index is 12.5. The third kappa shape index (κ3) is 7.00. The standard InChI is InChI=1S/C22H23BrClN3O3/c1-4-11-30-19-10-5-15(12-18(19)23)13-25-27-22(29)20(14(2)3)26-21(28)16-6-8-17(24)9-7-16/h4-10,12-14,20H,1,11H2,2-3H3,(H,26,28)(H,27,29)/b25-13-. The van der Waals surface area contributed by atoms with Crippen LogP contribution in [0.25, 0.3) is 0 Å². The number of hydrazone groups is 1. The van der Waals surface area contributed by atoms with Gasteiger partial charge in [-0.15, -0.1) is 0 Å².